The third-order valence-electron chi connectivity index (χ3n) is 3.68. The van der Waals surface area contributed by atoms with Crippen LogP contribution in [0.1, 0.15) is 5.56 Å². The lowest BCUT2D eigenvalue weighted by atomic mass is 10.1. The Hall–Kier alpha value is -3.00. The maximum absolute atomic E-state index is 13.1. The molecule has 1 saturated heterocycles. The molecular formula is C18H12BrFN2O4. The van der Waals surface area contributed by atoms with E-state index in [0.29, 0.717) is 11.3 Å². The van der Waals surface area contributed by atoms with Crippen molar-refractivity contribution in [3.05, 3.63) is 63.9 Å². The summed E-state index contributed by atoms with van der Waals surface area (Å²) in [7, 11) is 1.46. The molecule has 0 saturated carbocycles. The molecule has 8 heteroatoms. The molecule has 0 atom stereocenters. The van der Waals surface area contributed by atoms with Crippen molar-refractivity contribution in [2.24, 2.45) is 0 Å². The summed E-state index contributed by atoms with van der Waals surface area (Å²) in [4.78, 5) is 37.8. The Labute approximate surface area is 156 Å². The Bertz CT molecular complexity index is 941. The van der Waals surface area contributed by atoms with Crippen molar-refractivity contribution in [2.75, 3.05) is 12.0 Å². The molecule has 2 aromatic rings. The van der Waals surface area contributed by atoms with E-state index in [9.17, 15) is 18.8 Å². The number of hydrogen-bond acceptors (Lipinski definition) is 4. The number of ether oxygens (including phenoxy) is 1. The van der Waals surface area contributed by atoms with Crippen LogP contribution in [0.2, 0.25) is 0 Å². The maximum Gasteiger partial charge on any atom is 0.335 e. The van der Waals surface area contributed by atoms with Crippen molar-refractivity contribution in [1.29, 1.82) is 0 Å². The lowest BCUT2D eigenvalue weighted by Gasteiger charge is -2.26. The Morgan fingerprint density at radius 2 is 1.81 bits per heavy atom. The number of nitrogens with zero attached hydrogens (tertiary/aromatic N) is 1. The van der Waals surface area contributed by atoms with Gasteiger partial charge in [-0.1, -0.05) is 15.9 Å². The van der Waals surface area contributed by atoms with Crippen LogP contribution in [0.15, 0.2) is 52.5 Å². The number of benzene rings is 2. The number of rotatable bonds is 3. The fourth-order valence-electron chi connectivity index (χ4n) is 2.46. The van der Waals surface area contributed by atoms with Gasteiger partial charge in [0.2, 0.25) is 0 Å². The predicted molar refractivity (Wildman–Crippen MR) is 96.1 cm³/mol. The van der Waals surface area contributed by atoms with Gasteiger partial charge in [-0.25, -0.2) is 14.1 Å². The number of carbonyl (C=O) groups excluding carboxylic acids is 3. The van der Waals surface area contributed by atoms with Crippen LogP contribution in [0.5, 0.6) is 5.75 Å². The van der Waals surface area contributed by atoms with Gasteiger partial charge in [-0.15, -0.1) is 0 Å². The first-order valence-corrected chi connectivity index (χ1v) is 8.20. The lowest BCUT2D eigenvalue weighted by Crippen LogP contribution is -2.54. The number of carbonyl (C=O) groups is 3. The number of nitrogens with one attached hydrogen (secondary N) is 1. The summed E-state index contributed by atoms with van der Waals surface area (Å²) in [6.45, 7) is 0. The summed E-state index contributed by atoms with van der Waals surface area (Å²) in [6.07, 6.45) is 1.34. The fraction of sp³-hybridized carbons (Fsp3) is 0.0556. The van der Waals surface area contributed by atoms with Gasteiger partial charge in [0.25, 0.3) is 11.8 Å². The number of barbiturate groups is 1. The van der Waals surface area contributed by atoms with Gasteiger partial charge < -0.3 is 4.74 Å². The summed E-state index contributed by atoms with van der Waals surface area (Å²) in [6, 6.07) is 8.98. The smallest absolute Gasteiger partial charge is 0.335 e. The predicted octanol–water partition coefficient (Wildman–Crippen LogP) is 3.26. The quantitative estimate of drug-likeness (QED) is 0.612. The van der Waals surface area contributed by atoms with Crippen molar-refractivity contribution < 1.29 is 23.5 Å². The summed E-state index contributed by atoms with van der Waals surface area (Å²) >= 11 is 3.32. The number of methoxy groups -OCH3 is 1. The normalized spacial score (nSPS) is 16.0. The number of anilines is 1. The monoisotopic (exact) mass is 418 g/mol. The summed E-state index contributed by atoms with van der Waals surface area (Å²) in [5.74, 6) is -1.69. The van der Waals surface area contributed by atoms with Gasteiger partial charge in [-0.2, -0.15) is 0 Å². The van der Waals surface area contributed by atoms with Crippen LogP contribution >= 0.6 is 15.9 Å². The molecule has 4 amide bonds. The topological polar surface area (TPSA) is 75.7 Å². The van der Waals surface area contributed by atoms with Crippen molar-refractivity contribution in [3.8, 4) is 5.75 Å². The fourth-order valence-corrected chi connectivity index (χ4v) is 2.83. The molecule has 0 aromatic heterocycles. The average molecular weight is 419 g/mol. The highest BCUT2D eigenvalue weighted by Crippen LogP contribution is 2.27. The van der Waals surface area contributed by atoms with Crippen LogP contribution in [-0.4, -0.2) is 25.0 Å². The summed E-state index contributed by atoms with van der Waals surface area (Å²) in [5, 5.41) is 2.11. The van der Waals surface area contributed by atoms with E-state index in [1.54, 1.807) is 18.2 Å². The van der Waals surface area contributed by atoms with Crippen LogP contribution in [0, 0.1) is 5.82 Å². The van der Waals surface area contributed by atoms with Crippen LogP contribution in [-0.2, 0) is 9.59 Å². The van der Waals surface area contributed by atoms with Gasteiger partial charge in [-0.05, 0) is 48.5 Å². The van der Waals surface area contributed by atoms with E-state index in [4.69, 9.17) is 4.74 Å². The highest BCUT2D eigenvalue weighted by atomic mass is 79.9. The van der Waals surface area contributed by atoms with Gasteiger partial charge >= 0.3 is 6.03 Å². The van der Waals surface area contributed by atoms with E-state index in [1.165, 1.54) is 25.3 Å². The molecule has 1 heterocycles. The van der Waals surface area contributed by atoms with E-state index in [1.807, 2.05) is 0 Å². The van der Waals surface area contributed by atoms with E-state index in [0.717, 1.165) is 21.5 Å². The molecule has 0 unspecified atom stereocenters. The van der Waals surface area contributed by atoms with E-state index in [2.05, 4.69) is 21.2 Å². The zero-order valence-electron chi connectivity index (χ0n) is 13.5. The van der Waals surface area contributed by atoms with Crippen LogP contribution in [0.3, 0.4) is 0 Å². The zero-order chi connectivity index (χ0) is 18.8. The second kappa shape index (κ2) is 7.09. The molecule has 0 radical (unpaired) electrons. The van der Waals surface area contributed by atoms with Crippen molar-refractivity contribution >= 4 is 45.5 Å². The summed E-state index contributed by atoms with van der Waals surface area (Å²) < 4.78 is 19.1. The minimum Gasteiger partial charge on any atom is -0.496 e. The largest absolute Gasteiger partial charge is 0.496 e. The third-order valence-corrected chi connectivity index (χ3v) is 4.17. The molecule has 1 aliphatic rings. The standard InChI is InChI=1S/C18H12BrFN2O4/c1-26-15-7-2-11(19)8-10(15)9-14-16(23)21-18(25)22(17(14)24)13-5-3-12(20)4-6-13/h2-9H,1H3,(H,21,23,25)/b14-9+. The third kappa shape index (κ3) is 3.36. The first-order chi connectivity index (χ1) is 12.4. The average Bonchev–Trinajstić information content (AvgIpc) is 2.60. The second-order valence-electron chi connectivity index (χ2n) is 5.32. The van der Waals surface area contributed by atoms with Crippen LogP contribution in [0.25, 0.3) is 6.08 Å². The van der Waals surface area contributed by atoms with E-state index >= 15 is 0 Å². The first kappa shape index (κ1) is 17.8. The number of imide groups is 2. The molecule has 1 fully saturated rings. The Morgan fingerprint density at radius 3 is 2.46 bits per heavy atom. The van der Waals surface area contributed by atoms with Gasteiger partial charge in [0.15, 0.2) is 0 Å². The van der Waals surface area contributed by atoms with Crippen molar-refractivity contribution in [3.63, 3.8) is 0 Å². The van der Waals surface area contributed by atoms with Gasteiger partial charge in [0.05, 0.1) is 12.8 Å². The molecule has 0 aliphatic carbocycles. The number of amides is 4. The van der Waals surface area contributed by atoms with Crippen LogP contribution in [0.4, 0.5) is 14.9 Å². The van der Waals surface area contributed by atoms with Crippen molar-refractivity contribution in [1.82, 2.24) is 5.32 Å². The van der Waals surface area contributed by atoms with E-state index < -0.39 is 23.7 Å². The Kier molecular flexibility index (Phi) is 4.85. The van der Waals surface area contributed by atoms with E-state index in [-0.39, 0.29) is 11.3 Å². The minimum absolute atomic E-state index is 0.147. The molecule has 3 rings (SSSR count). The zero-order valence-corrected chi connectivity index (χ0v) is 15.0. The second-order valence-corrected chi connectivity index (χ2v) is 6.24. The van der Waals surface area contributed by atoms with Gasteiger partial charge in [0.1, 0.15) is 17.1 Å². The first-order valence-electron chi connectivity index (χ1n) is 7.41. The molecule has 1 N–H and O–H groups in total. The van der Waals surface area contributed by atoms with Crippen molar-refractivity contribution in [2.45, 2.75) is 0 Å². The maximum atomic E-state index is 13.1. The van der Waals surface area contributed by atoms with Crippen LogP contribution < -0.4 is 15.0 Å². The summed E-state index contributed by atoms with van der Waals surface area (Å²) in [5.41, 5.74) is 0.382. The lowest BCUT2D eigenvalue weighted by molar-refractivity contribution is -0.122. The molecule has 26 heavy (non-hydrogen) atoms. The number of urea groups is 1. The molecule has 0 spiro atoms. The number of hydrogen-bond donors (Lipinski definition) is 1. The molecule has 132 valence electrons. The molecule has 2 aromatic carbocycles. The minimum atomic E-state index is -0.898. The van der Waals surface area contributed by atoms with Gasteiger partial charge in [0, 0.05) is 10.0 Å². The Morgan fingerprint density at radius 1 is 1.12 bits per heavy atom. The molecular weight excluding hydrogens is 407 g/mol. The molecule has 0 bridgehead atoms. The molecule has 1 aliphatic heterocycles. The number of halogens is 2. The Balaban J connectivity index is 2.06. The van der Waals surface area contributed by atoms with Gasteiger partial charge in [-0.3, -0.25) is 14.9 Å². The highest BCUT2D eigenvalue weighted by Gasteiger charge is 2.36. The SMILES string of the molecule is COc1ccc(Br)cc1/C=C1\C(=O)NC(=O)N(c2ccc(F)cc2)C1=O. The highest BCUT2D eigenvalue weighted by molar-refractivity contribution is 9.10. The molecule has 6 nitrogen and oxygen atoms in total.